The number of hydrogen-bond donors (Lipinski definition) is 1. The Morgan fingerprint density at radius 3 is 2.56 bits per heavy atom. The monoisotopic (exact) mass is 242 g/mol. The Kier molecular flexibility index (Phi) is 3.32. The van der Waals surface area contributed by atoms with Gasteiger partial charge in [-0.1, -0.05) is 13.8 Å². The first kappa shape index (κ1) is 12.7. The van der Waals surface area contributed by atoms with Crippen LogP contribution in [0.1, 0.15) is 40.5 Å². The summed E-state index contributed by atoms with van der Waals surface area (Å²) >= 11 is 2.11. The molecule has 0 bridgehead atoms. The van der Waals surface area contributed by atoms with Gasteiger partial charge in [0.1, 0.15) is 0 Å². The first-order valence-electron chi connectivity index (χ1n) is 6.53. The van der Waals surface area contributed by atoms with Crippen LogP contribution in [0.5, 0.6) is 0 Å². The van der Waals surface area contributed by atoms with E-state index in [9.17, 15) is 0 Å². The lowest BCUT2D eigenvalue weighted by Crippen LogP contribution is -2.63. The molecular formula is C13H26N2S. The number of nitrogens with two attached hydrogens (primary N) is 1. The Balaban J connectivity index is 2.20. The van der Waals surface area contributed by atoms with Gasteiger partial charge < -0.3 is 5.73 Å². The molecule has 2 N–H and O–H groups in total. The molecule has 3 unspecified atom stereocenters. The third-order valence-corrected chi connectivity index (χ3v) is 6.55. The molecule has 16 heavy (non-hydrogen) atoms. The molecule has 2 aliphatic rings. The quantitative estimate of drug-likeness (QED) is 0.823. The van der Waals surface area contributed by atoms with E-state index in [-0.39, 0.29) is 5.54 Å². The van der Waals surface area contributed by atoms with E-state index in [1.54, 1.807) is 0 Å². The van der Waals surface area contributed by atoms with E-state index in [1.807, 2.05) is 0 Å². The number of rotatable bonds is 3. The zero-order chi connectivity index (χ0) is 12.0. The van der Waals surface area contributed by atoms with Crippen molar-refractivity contribution in [2.24, 2.45) is 11.1 Å². The molecule has 1 saturated carbocycles. The van der Waals surface area contributed by atoms with Gasteiger partial charge in [-0.2, -0.15) is 11.8 Å². The highest BCUT2D eigenvalue weighted by Gasteiger charge is 2.56. The third-order valence-electron chi connectivity index (χ3n) is 5.22. The van der Waals surface area contributed by atoms with Gasteiger partial charge >= 0.3 is 0 Å². The van der Waals surface area contributed by atoms with Crippen molar-refractivity contribution in [2.75, 3.05) is 18.8 Å². The molecule has 3 heteroatoms. The predicted molar refractivity (Wildman–Crippen MR) is 72.9 cm³/mol. The summed E-state index contributed by atoms with van der Waals surface area (Å²) in [5, 5.41) is 0.738. The molecule has 94 valence electrons. The fourth-order valence-electron chi connectivity index (χ4n) is 3.07. The molecule has 2 nitrogen and oxygen atoms in total. The molecule has 1 aliphatic heterocycles. The van der Waals surface area contributed by atoms with Gasteiger partial charge in [0, 0.05) is 35.7 Å². The van der Waals surface area contributed by atoms with Gasteiger partial charge in [0.2, 0.25) is 0 Å². The number of hydrogen-bond acceptors (Lipinski definition) is 3. The normalized spacial score (nSPS) is 38.1. The number of nitrogens with zero attached hydrogens (tertiary/aromatic N) is 1. The van der Waals surface area contributed by atoms with Crippen LogP contribution in [0, 0.1) is 5.41 Å². The summed E-state index contributed by atoms with van der Waals surface area (Å²) in [6.07, 6.45) is 2.71. The van der Waals surface area contributed by atoms with Crippen LogP contribution in [-0.2, 0) is 0 Å². The molecule has 0 spiro atoms. The van der Waals surface area contributed by atoms with Gasteiger partial charge in [-0.05, 0) is 32.1 Å². The lowest BCUT2D eigenvalue weighted by Gasteiger charge is -2.52. The van der Waals surface area contributed by atoms with Gasteiger partial charge in [0.15, 0.2) is 0 Å². The molecule has 0 aromatic rings. The van der Waals surface area contributed by atoms with Crippen LogP contribution in [-0.4, -0.2) is 40.6 Å². The Labute approximate surface area is 104 Å². The zero-order valence-corrected chi connectivity index (χ0v) is 11.9. The van der Waals surface area contributed by atoms with E-state index in [0.717, 1.165) is 11.8 Å². The molecule has 2 rings (SSSR count). The van der Waals surface area contributed by atoms with Crippen molar-refractivity contribution in [1.82, 2.24) is 4.90 Å². The van der Waals surface area contributed by atoms with E-state index >= 15 is 0 Å². The van der Waals surface area contributed by atoms with Crippen molar-refractivity contribution in [2.45, 2.75) is 57.4 Å². The van der Waals surface area contributed by atoms with Crippen LogP contribution in [0.3, 0.4) is 0 Å². The van der Waals surface area contributed by atoms with Crippen LogP contribution in [0.25, 0.3) is 0 Å². The van der Waals surface area contributed by atoms with E-state index in [0.29, 0.717) is 11.5 Å². The molecule has 3 atom stereocenters. The van der Waals surface area contributed by atoms with Crippen LogP contribution < -0.4 is 5.73 Å². The first-order valence-corrected chi connectivity index (χ1v) is 7.58. The molecule has 0 aromatic carbocycles. The van der Waals surface area contributed by atoms with Crippen molar-refractivity contribution in [3.05, 3.63) is 0 Å². The van der Waals surface area contributed by atoms with Gasteiger partial charge in [-0.25, -0.2) is 0 Å². The minimum atomic E-state index is 0.210. The van der Waals surface area contributed by atoms with E-state index < -0.39 is 0 Å². The van der Waals surface area contributed by atoms with Crippen LogP contribution in [0.15, 0.2) is 0 Å². The predicted octanol–water partition coefficient (Wildman–Crippen LogP) is 2.33. The van der Waals surface area contributed by atoms with Gasteiger partial charge in [0.25, 0.3) is 0 Å². The SMILES string of the molecule is CC1SCCN(C(C)(CN)C2(C)CC2)C1C. The summed E-state index contributed by atoms with van der Waals surface area (Å²) in [7, 11) is 0. The van der Waals surface area contributed by atoms with Crippen molar-refractivity contribution in [3.63, 3.8) is 0 Å². The van der Waals surface area contributed by atoms with Crippen LogP contribution in [0.2, 0.25) is 0 Å². The Morgan fingerprint density at radius 2 is 2.06 bits per heavy atom. The third kappa shape index (κ3) is 1.81. The lowest BCUT2D eigenvalue weighted by molar-refractivity contribution is 0.0180. The zero-order valence-electron chi connectivity index (χ0n) is 11.1. The van der Waals surface area contributed by atoms with Crippen LogP contribution in [0.4, 0.5) is 0 Å². The summed E-state index contributed by atoms with van der Waals surface area (Å²) < 4.78 is 0. The van der Waals surface area contributed by atoms with Gasteiger partial charge in [-0.3, -0.25) is 4.90 Å². The van der Waals surface area contributed by atoms with E-state index in [4.69, 9.17) is 5.73 Å². The lowest BCUT2D eigenvalue weighted by atomic mass is 9.81. The Morgan fingerprint density at radius 1 is 1.44 bits per heavy atom. The average Bonchev–Trinajstić information content (AvgIpc) is 3.01. The highest BCUT2D eigenvalue weighted by molar-refractivity contribution is 8.00. The maximum Gasteiger partial charge on any atom is 0.0360 e. The maximum atomic E-state index is 6.12. The molecular weight excluding hydrogens is 216 g/mol. The fourth-order valence-corrected chi connectivity index (χ4v) is 4.17. The first-order chi connectivity index (χ1) is 7.44. The van der Waals surface area contributed by atoms with Gasteiger partial charge in [0.05, 0.1) is 0 Å². The summed E-state index contributed by atoms with van der Waals surface area (Å²) in [6, 6.07) is 0.657. The standard InChI is InChI=1S/C13H26N2S/c1-10-11(2)16-8-7-15(10)13(4,9-14)12(3)5-6-12/h10-11H,5-9,14H2,1-4H3. The minimum Gasteiger partial charge on any atom is -0.329 e. The summed E-state index contributed by atoms with van der Waals surface area (Å²) in [5.41, 5.74) is 6.80. The van der Waals surface area contributed by atoms with Crippen molar-refractivity contribution >= 4 is 11.8 Å². The van der Waals surface area contributed by atoms with Crippen molar-refractivity contribution < 1.29 is 0 Å². The highest BCUT2D eigenvalue weighted by atomic mass is 32.2. The Bertz CT molecular complexity index is 265. The smallest absolute Gasteiger partial charge is 0.0360 e. The number of thioether (sulfide) groups is 1. The molecule has 0 aromatic heterocycles. The largest absolute Gasteiger partial charge is 0.329 e. The van der Waals surface area contributed by atoms with Crippen LogP contribution >= 0.6 is 11.8 Å². The fraction of sp³-hybridized carbons (Fsp3) is 1.00. The van der Waals surface area contributed by atoms with Crippen molar-refractivity contribution in [1.29, 1.82) is 0 Å². The molecule has 0 amide bonds. The molecule has 0 radical (unpaired) electrons. The van der Waals surface area contributed by atoms with E-state index in [1.165, 1.54) is 25.1 Å². The maximum absolute atomic E-state index is 6.12. The molecule has 1 aliphatic carbocycles. The highest BCUT2D eigenvalue weighted by Crippen LogP contribution is 2.56. The Hall–Kier alpha value is 0.270. The summed E-state index contributed by atoms with van der Waals surface area (Å²) in [4.78, 5) is 2.70. The topological polar surface area (TPSA) is 29.3 Å². The molecule has 1 saturated heterocycles. The second kappa shape index (κ2) is 4.18. The second-order valence-electron chi connectivity index (χ2n) is 6.05. The van der Waals surface area contributed by atoms with E-state index in [2.05, 4.69) is 44.4 Å². The summed E-state index contributed by atoms with van der Waals surface area (Å²) in [5.74, 6) is 1.26. The summed E-state index contributed by atoms with van der Waals surface area (Å²) in [6.45, 7) is 11.5. The second-order valence-corrected chi connectivity index (χ2v) is 7.53. The molecule has 1 heterocycles. The molecule has 2 fully saturated rings. The van der Waals surface area contributed by atoms with Gasteiger partial charge in [-0.15, -0.1) is 0 Å². The minimum absolute atomic E-state index is 0.210. The average molecular weight is 242 g/mol. The van der Waals surface area contributed by atoms with Crippen molar-refractivity contribution in [3.8, 4) is 0 Å².